The number of halogens is 1. The van der Waals surface area contributed by atoms with Crippen LogP contribution in [0.15, 0.2) is 103 Å². The van der Waals surface area contributed by atoms with Gasteiger partial charge in [0.1, 0.15) is 125 Å². The minimum Gasteiger partial charge on any atom is -0.508 e. The van der Waals surface area contributed by atoms with Crippen molar-refractivity contribution >= 4 is 82.8 Å². The number of aliphatic hydroxyl groups excluding tert-OH is 5. The van der Waals surface area contributed by atoms with E-state index in [4.69, 9.17) is 44.8 Å². The first-order valence-corrected chi connectivity index (χ1v) is 42.8. The number of fused-ring (bicyclic) bond motifs is 15. The SMILES string of the molecule is CCCOc1ccc(NC(=O)NC(=O)C[C@@H]2NC(=O)[C@H](NC(=O)[C@@H](CC(C)C)N(C)C(=O)OC(C)(C)C)[C@H](O)c3ccc(c(C)c3)Oc3cc4cc(c3O[C@@H]3O[C@H](CNC(=O)OC(C)(C)C)[C@@H](O)[C@H](O)[C@H]3O)Oc3ccc(cc3Cl)[C@@H](O)[C@@H]3NC(=O)[C@H](NC(=O)C4NC2=O)c2ccc(O)c(c2)-c2c(O)cc(O)cc2[C@@H](C(=O)NC2C4CC5CC(C4)CC2C5)NC3=O)cc1. The van der Waals surface area contributed by atoms with E-state index in [0.29, 0.717) is 30.6 Å². The number of likely N-dealkylation sites (N-methyl/N-ethyl adjacent to an activating group) is 1. The number of ether oxygens (including phenoxy) is 7. The summed E-state index contributed by atoms with van der Waals surface area (Å²) in [6.07, 6.45) is -12.8. The maximum atomic E-state index is 16.7. The minimum absolute atomic E-state index is 0.0478. The molecule has 14 atom stereocenters. The molecule has 15 bridgehead atoms. The van der Waals surface area contributed by atoms with E-state index in [2.05, 4.69) is 53.2 Å². The van der Waals surface area contributed by atoms with E-state index in [9.17, 15) is 60.0 Å². The Bertz CT molecular complexity index is 5250. The zero-order chi connectivity index (χ0) is 92.6. The third kappa shape index (κ3) is 21.4. The average Bonchev–Trinajstić information content (AvgIpc) is 0.777. The first-order valence-electron chi connectivity index (χ1n) is 42.4. The Labute approximate surface area is 741 Å². The molecule has 4 saturated carbocycles. The van der Waals surface area contributed by atoms with Crippen molar-refractivity contribution < 1.29 is 127 Å². The van der Waals surface area contributed by atoms with Gasteiger partial charge >= 0.3 is 18.2 Å². The molecule has 6 aliphatic heterocycles. The number of amides is 12. The van der Waals surface area contributed by atoms with Crippen LogP contribution in [0.25, 0.3) is 11.1 Å². The third-order valence-corrected chi connectivity index (χ3v) is 23.7. The molecule has 6 aromatic carbocycles. The molecule has 18 N–H and O–H groups in total. The summed E-state index contributed by atoms with van der Waals surface area (Å²) in [5.41, 5.74) is -4.16. The molecule has 0 spiro atoms. The first kappa shape index (κ1) is 93.4. The number of imide groups is 1. The summed E-state index contributed by atoms with van der Waals surface area (Å²) in [7, 11) is 1.27. The number of hydrogen-bond acceptors (Lipinski definition) is 26. The van der Waals surface area contributed by atoms with E-state index < -0.39 is 226 Å². The van der Waals surface area contributed by atoms with Crippen LogP contribution in [-0.2, 0) is 52.6 Å². The number of rotatable bonds is 17. The molecule has 6 aromatic rings. The van der Waals surface area contributed by atoms with Gasteiger partial charge in [0.25, 0.3) is 0 Å². The van der Waals surface area contributed by atoms with Crippen LogP contribution in [0.3, 0.4) is 0 Å². The molecule has 16 rings (SSSR count). The standard InChI is InChI=1S/C90H108ClN11O26/c1-12-23-122-51-18-16-49(17-19-51)93-86(119)95-64(106)37-55-78(112)97-68-48-33-61(123-59-21-14-44(25-40(59)4)72(107)70(83(117)94-55)100-79(113)56(24-39(2)3)102(11)88(121)128-90(8,9)10)77(126-85-76(111)75(110)74(109)63(125-85)38-92-87(120)127-89(5,6)7)62(34-48)124-60-22-15-45(32-54(60)91)73(108)71-84(118)99-69(82(116)96-66-46-27-41-26-42(29-46)30-47(66)28-41)53-35-50(103)36-58(105)65(53)52-31-43(13-20-57(52)104)67(80(114)101-71)98-81(68)115/h13-22,25,31-36,39,41-42,46-47,55-56,63,66-76,85,103-105,107-111H,12,23-24,26-30,37-38H2,1-11H3,(H,92,120)(H,94,117)(H,96,116)(H,97,112)(H,98,115)(H,99,118)(H,100,113)(H,101,114)(H2,93,95,106,119)/t41?,42?,46?,47?,55-,56+,63+,66?,67+,68?,69-,70+,71-,72+,73+,74+,75-,76+,85-/m0/s1. The van der Waals surface area contributed by atoms with E-state index in [1.165, 1.54) is 68.6 Å². The normalized spacial score (nSPS) is 26.3. The van der Waals surface area contributed by atoms with Gasteiger partial charge in [-0.15, -0.1) is 0 Å². The van der Waals surface area contributed by atoms with Crippen molar-refractivity contribution in [2.24, 2.45) is 29.6 Å². The number of aryl methyl sites for hydroxylation is 1. The number of phenols is 3. The fourth-order valence-corrected chi connectivity index (χ4v) is 17.8. The van der Waals surface area contributed by atoms with Crippen LogP contribution in [0.4, 0.5) is 20.1 Å². The second-order valence-electron chi connectivity index (χ2n) is 36.0. The van der Waals surface area contributed by atoms with Gasteiger partial charge in [-0.3, -0.25) is 48.6 Å². The van der Waals surface area contributed by atoms with Gasteiger partial charge in [0.05, 0.1) is 18.1 Å². The maximum absolute atomic E-state index is 16.7. The number of carbonyl (C=O) groups is 11. The molecule has 0 aromatic heterocycles. The number of urea groups is 1. The molecule has 1 saturated heterocycles. The summed E-state index contributed by atoms with van der Waals surface area (Å²) >= 11 is 7.25. The lowest BCUT2D eigenvalue weighted by molar-refractivity contribution is -0.270. The molecule has 4 aliphatic carbocycles. The van der Waals surface area contributed by atoms with Crippen molar-refractivity contribution in [2.75, 3.05) is 25.5 Å². The van der Waals surface area contributed by atoms with Crippen LogP contribution in [0.2, 0.25) is 5.02 Å². The van der Waals surface area contributed by atoms with Crippen molar-refractivity contribution in [2.45, 2.75) is 223 Å². The number of anilines is 1. The Kier molecular flexibility index (Phi) is 28.0. The smallest absolute Gasteiger partial charge is 0.410 e. The van der Waals surface area contributed by atoms with Gasteiger partial charge < -0.3 is 122 Å². The third-order valence-electron chi connectivity index (χ3n) is 23.5. The van der Waals surface area contributed by atoms with Crippen molar-refractivity contribution in [1.29, 1.82) is 0 Å². The van der Waals surface area contributed by atoms with Crippen LogP contribution >= 0.6 is 11.6 Å². The fraction of sp³-hybridized carbons (Fsp3) is 0.478. The summed E-state index contributed by atoms with van der Waals surface area (Å²) in [5.74, 6) is -13.8. The predicted octanol–water partition coefficient (Wildman–Crippen LogP) is 7.21. The van der Waals surface area contributed by atoms with Gasteiger partial charge in [0.2, 0.25) is 59.3 Å². The number of carbonyl (C=O) groups excluding carboxylic acids is 11. The van der Waals surface area contributed by atoms with Crippen LogP contribution in [0.1, 0.15) is 177 Å². The summed E-state index contributed by atoms with van der Waals surface area (Å²) in [6, 6.07) is 4.18. The van der Waals surface area contributed by atoms with E-state index in [1.54, 1.807) is 55.4 Å². The zero-order valence-electron chi connectivity index (χ0n) is 72.2. The fourth-order valence-electron chi connectivity index (χ4n) is 17.5. The molecular weight excluding hydrogens is 1690 g/mol. The van der Waals surface area contributed by atoms with Crippen molar-refractivity contribution in [3.8, 4) is 62.9 Å². The second-order valence-corrected chi connectivity index (χ2v) is 36.4. The molecule has 6 heterocycles. The summed E-state index contributed by atoms with van der Waals surface area (Å²) in [5, 5.41) is 122. The molecule has 686 valence electrons. The van der Waals surface area contributed by atoms with E-state index >= 15 is 33.6 Å². The Morgan fingerprint density at radius 3 is 1.88 bits per heavy atom. The number of aliphatic hydroxyl groups is 5. The second kappa shape index (κ2) is 38.3. The molecule has 10 aliphatic rings. The lowest BCUT2D eigenvalue weighted by Gasteiger charge is -2.54. The lowest BCUT2D eigenvalue weighted by atomic mass is 9.54. The topological polar surface area (TPSA) is 538 Å². The molecule has 1 unspecified atom stereocenters. The van der Waals surface area contributed by atoms with Crippen LogP contribution in [-0.4, -0.2) is 204 Å². The predicted molar refractivity (Wildman–Crippen MR) is 456 cm³/mol. The molecular formula is C90H108ClN11O26. The van der Waals surface area contributed by atoms with Crippen molar-refractivity contribution in [3.63, 3.8) is 0 Å². The zero-order valence-corrected chi connectivity index (χ0v) is 72.9. The lowest BCUT2D eigenvalue weighted by Crippen LogP contribution is -2.61. The highest BCUT2D eigenvalue weighted by Gasteiger charge is 2.52. The quantitative estimate of drug-likeness (QED) is 0.0428. The highest BCUT2D eigenvalue weighted by Crippen LogP contribution is 2.55. The minimum atomic E-state index is -2.44. The number of aromatic hydroxyl groups is 3. The summed E-state index contributed by atoms with van der Waals surface area (Å²) < 4.78 is 43.0. The Morgan fingerprint density at radius 2 is 1.24 bits per heavy atom. The molecule has 37 nitrogen and oxygen atoms in total. The van der Waals surface area contributed by atoms with Crippen LogP contribution in [0.5, 0.6) is 51.7 Å². The Balaban J connectivity index is 0.999. The molecule has 128 heavy (non-hydrogen) atoms. The molecule has 0 radical (unpaired) electrons. The van der Waals surface area contributed by atoms with Gasteiger partial charge in [-0.05, 0) is 235 Å². The highest BCUT2D eigenvalue weighted by atomic mass is 35.5. The van der Waals surface area contributed by atoms with Crippen LogP contribution in [0, 0.1) is 36.5 Å². The number of nitrogens with one attached hydrogen (secondary N) is 10. The maximum Gasteiger partial charge on any atom is 0.410 e. The van der Waals surface area contributed by atoms with Gasteiger partial charge in [-0.25, -0.2) is 14.4 Å². The van der Waals surface area contributed by atoms with E-state index in [0.717, 1.165) is 85.5 Å². The van der Waals surface area contributed by atoms with Crippen molar-refractivity contribution in [3.05, 3.63) is 142 Å². The van der Waals surface area contributed by atoms with E-state index in [1.807, 2.05) is 6.92 Å². The van der Waals surface area contributed by atoms with Crippen molar-refractivity contribution in [1.82, 2.24) is 52.8 Å². The Hall–Kier alpha value is -12.3. The average molecular weight is 1800 g/mol. The van der Waals surface area contributed by atoms with E-state index in [-0.39, 0.29) is 80.3 Å². The van der Waals surface area contributed by atoms with Gasteiger partial charge in [0, 0.05) is 42.5 Å². The first-order chi connectivity index (χ1) is 60.4. The number of alkyl carbamates (subject to hydrolysis) is 1. The molecule has 38 heteroatoms. The van der Waals surface area contributed by atoms with Gasteiger partial charge in [-0.1, -0.05) is 50.6 Å². The summed E-state index contributed by atoms with van der Waals surface area (Å²) in [4.78, 5) is 168. The van der Waals surface area contributed by atoms with Crippen LogP contribution < -0.4 is 72.1 Å². The van der Waals surface area contributed by atoms with Gasteiger partial charge in [0.15, 0.2) is 11.5 Å². The molecule has 12 amide bonds. The number of hydrogen-bond donors (Lipinski definition) is 18. The molecule has 5 fully saturated rings. The number of phenolic OH excluding ortho intramolecular Hbond substituents is 3. The Morgan fingerprint density at radius 1 is 0.625 bits per heavy atom. The monoisotopic (exact) mass is 1790 g/mol. The van der Waals surface area contributed by atoms with Gasteiger partial charge in [-0.2, -0.15) is 0 Å². The summed E-state index contributed by atoms with van der Waals surface area (Å²) in [6.45, 7) is 16.1. The highest BCUT2D eigenvalue weighted by molar-refractivity contribution is 6.32. The largest absolute Gasteiger partial charge is 0.508 e. The number of nitrogens with zero attached hydrogens (tertiary/aromatic N) is 1. The number of benzene rings is 6.